The molecule has 1 aliphatic rings. The maximum absolute atomic E-state index is 11.2. The summed E-state index contributed by atoms with van der Waals surface area (Å²) in [6.45, 7) is 8.15. The zero-order valence-electron chi connectivity index (χ0n) is 11.3. The third kappa shape index (κ3) is 6.38. The Hall–Kier alpha value is -0.130. The van der Waals surface area contributed by atoms with Gasteiger partial charge in [-0.25, -0.2) is 8.42 Å². The third-order valence-electron chi connectivity index (χ3n) is 3.18. The predicted molar refractivity (Wildman–Crippen MR) is 72.0 cm³/mol. The van der Waals surface area contributed by atoms with Gasteiger partial charge in [-0.1, -0.05) is 13.8 Å². The second-order valence-corrected chi connectivity index (χ2v) is 7.77. The molecule has 1 heterocycles. The van der Waals surface area contributed by atoms with Gasteiger partial charge in [0.15, 0.2) is 0 Å². The first kappa shape index (κ1) is 14.9. The smallest absolute Gasteiger partial charge is 0.148 e. The van der Waals surface area contributed by atoms with Crippen molar-refractivity contribution in [3.8, 4) is 0 Å². The fourth-order valence-corrected chi connectivity index (χ4v) is 2.81. The zero-order chi connectivity index (χ0) is 12.9. The molecule has 0 aromatic rings. The Kier molecular flexibility index (Phi) is 5.89. The van der Waals surface area contributed by atoms with Crippen molar-refractivity contribution in [3.05, 3.63) is 0 Å². The van der Waals surface area contributed by atoms with Gasteiger partial charge in [-0.05, 0) is 31.8 Å². The van der Waals surface area contributed by atoms with Gasteiger partial charge in [0.25, 0.3) is 0 Å². The monoisotopic (exact) mass is 262 g/mol. The van der Waals surface area contributed by atoms with Crippen LogP contribution < -0.4 is 5.32 Å². The van der Waals surface area contributed by atoms with Crippen LogP contribution in [0.1, 0.15) is 26.7 Å². The molecule has 0 saturated carbocycles. The molecule has 1 rings (SSSR count). The summed E-state index contributed by atoms with van der Waals surface area (Å²) < 4.78 is 22.3. The van der Waals surface area contributed by atoms with Crippen LogP contribution >= 0.6 is 0 Å². The number of nitrogens with zero attached hydrogens (tertiary/aromatic N) is 1. The van der Waals surface area contributed by atoms with Gasteiger partial charge >= 0.3 is 0 Å². The second kappa shape index (κ2) is 6.71. The van der Waals surface area contributed by atoms with Gasteiger partial charge in [0.1, 0.15) is 9.84 Å². The van der Waals surface area contributed by atoms with Gasteiger partial charge in [-0.2, -0.15) is 0 Å². The Morgan fingerprint density at radius 2 is 2.12 bits per heavy atom. The lowest BCUT2D eigenvalue weighted by atomic mass is 10.2. The van der Waals surface area contributed by atoms with Crippen molar-refractivity contribution in [1.29, 1.82) is 0 Å². The summed E-state index contributed by atoms with van der Waals surface area (Å²) in [7, 11) is -2.83. The van der Waals surface area contributed by atoms with Crippen molar-refractivity contribution in [2.24, 2.45) is 5.92 Å². The normalized spacial score (nSPS) is 22.5. The molecular formula is C12H26N2O2S. The summed E-state index contributed by atoms with van der Waals surface area (Å²) in [5.74, 6) is 0.953. The first-order chi connectivity index (χ1) is 7.88. The maximum Gasteiger partial charge on any atom is 0.148 e. The lowest BCUT2D eigenvalue weighted by molar-refractivity contribution is 0.259. The fraction of sp³-hybridized carbons (Fsp3) is 1.00. The predicted octanol–water partition coefficient (Wildman–Crippen LogP) is 0.741. The highest BCUT2D eigenvalue weighted by molar-refractivity contribution is 7.90. The van der Waals surface area contributed by atoms with Crippen LogP contribution in [-0.2, 0) is 9.84 Å². The summed E-state index contributed by atoms with van der Waals surface area (Å²) in [4.78, 5) is 2.31. The van der Waals surface area contributed by atoms with Crippen LogP contribution in [0.3, 0.4) is 0 Å². The number of likely N-dealkylation sites (tertiary alicyclic amines) is 1. The van der Waals surface area contributed by atoms with Gasteiger partial charge < -0.3 is 5.32 Å². The zero-order valence-corrected chi connectivity index (χ0v) is 12.1. The number of rotatable bonds is 7. The highest BCUT2D eigenvalue weighted by Gasteiger charge is 2.24. The lowest BCUT2D eigenvalue weighted by Gasteiger charge is -2.24. The molecule has 0 aromatic heterocycles. The maximum atomic E-state index is 11.2. The molecule has 0 spiro atoms. The largest absolute Gasteiger partial charge is 0.315 e. The summed E-state index contributed by atoms with van der Waals surface area (Å²) in [5.41, 5.74) is 0. The molecule has 102 valence electrons. The van der Waals surface area contributed by atoms with Crippen LogP contribution in [0, 0.1) is 5.92 Å². The van der Waals surface area contributed by atoms with Gasteiger partial charge in [-0.3, -0.25) is 4.90 Å². The average Bonchev–Trinajstić information content (AvgIpc) is 2.61. The van der Waals surface area contributed by atoms with Crippen LogP contribution in [0.15, 0.2) is 0 Å². The van der Waals surface area contributed by atoms with E-state index in [1.807, 2.05) is 0 Å². The van der Waals surface area contributed by atoms with E-state index in [-0.39, 0.29) is 5.75 Å². The topological polar surface area (TPSA) is 49.4 Å². The first-order valence-electron chi connectivity index (χ1n) is 6.51. The summed E-state index contributed by atoms with van der Waals surface area (Å²) >= 11 is 0. The van der Waals surface area contributed by atoms with E-state index in [2.05, 4.69) is 24.1 Å². The third-order valence-corrected chi connectivity index (χ3v) is 4.11. The molecule has 0 radical (unpaired) electrons. The Labute approximate surface area is 106 Å². The van der Waals surface area contributed by atoms with Gasteiger partial charge in [0.05, 0.1) is 5.75 Å². The van der Waals surface area contributed by atoms with E-state index in [1.54, 1.807) is 0 Å². The first-order valence-corrected chi connectivity index (χ1v) is 8.57. The molecule has 5 heteroatoms. The Morgan fingerprint density at radius 1 is 1.41 bits per heavy atom. The number of hydrogen-bond donors (Lipinski definition) is 1. The Balaban J connectivity index is 2.28. The molecule has 1 atom stereocenters. The minimum absolute atomic E-state index is 0.285. The SMILES string of the molecule is CC(C)CNCC1CCCN1CCS(C)(=O)=O. The molecule has 1 saturated heterocycles. The lowest BCUT2D eigenvalue weighted by Crippen LogP contribution is -2.40. The summed E-state index contributed by atoms with van der Waals surface area (Å²) in [5, 5.41) is 3.46. The standard InChI is InChI=1S/C12H26N2O2S/c1-11(2)9-13-10-12-5-4-6-14(12)7-8-17(3,15)16/h11-13H,4-10H2,1-3H3. The molecule has 0 amide bonds. The molecule has 1 fully saturated rings. The van der Waals surface area contributed by atoms with E-state index in [0.717, 1.165) is 19.6 Å². The van der Waals surface area contributed by atoms with E-state index in [9.17, 15) is 8.42 Å². The van der Waals surface area contributed by atoms with Crippen LogP contribution in [0.2, 0.25) is 0 Å². The minimum atomic E-state index is -2.83. The van der Waals surface area contributed by atoms with Crippen LogP contribution in [0.4, 0.5) is 0 Å². The highest BCUT2D eigenvalue weighted by Crippen LogP contribution is 2.16. The van der Waals surface area contributed by atoms with Gasteiger partial charge in [0, 0.05) is 25.4 Å². The van der Waals surface area contributed by atoms with Gasteiger partial charge in [0.2, 0.25) is 0 Å². The van der Waals surface area contributed by atoms with Crippen LogP contribution in [-0.4, -0.2) is 57.5 Å². The van der Waals surface area contributed by atoms with Crippen LogP contribution in [0.5, 0.6) is 0 Å². The molecule has 1 aliphatic heterocycles. The van der Waals surface area contributed by atoms with Crippen LogP contribution in [0.25, 0.3) is 0 Å². The number of nitrogens with one attached hydrogen (secondary N) is 1. The number of hydrogen-bond acceptors (Lipinski definition) is 4. The average molecular weight is 262 g/mol. The molecule has 1 unspecified atom stereocenters. The van der Waals surface area contributed by atoms with E-state index < -0.39 is 9.84 Å². The van der Waals surface area contributed by atoms with Crippen molar-refractivity contribution in [1.82, 2.24) is 10.2 Å². The molecule has 0 aliphatic carbocycles. The molecule has 0 aromatic carbocycles. The highest BCUT2D eigenvalue weighted by atomic mass is 32.2. The summed E-state index contributed by atoms with van der Waals surface area (Å²) in [6.07, 6.45) is 3.70. The fourth-order valence-electron chi connectivity index (χ4n) is 2.24. The van der Waals surface area contributed by atoms with Crippen molar-refractivity contribution in [2.75, 3.05) is 38.2 Å². The molecule has 4 nitrogen and oxygen atoms in total. The van der Waals surface area contributed by atoms with E-state index in [0.29, 0.717) is 18.5 Å². The van der Waals surface area contributed by atoms with E-state index in [4.69, 9.17) is 0 Å². The van der Waals surface area contributed by atoms with Gasteiger partial charge in [-0.15, -0.1) is 0 Å². The van der Waals surface area contributed by atoms with Crippen molar-refractivity contribution in [2.45, 2.75) is 32.7 Å². The van der Waals surface area contributed by atoms with Crippen molar-refractivity contribution >= 4 is 9.84 Å². The minimum Gasteiger partial charge on any atom is -0.315 e. The van der Waals surface area contributed by atoms with E-state index in [1.165, 1.54) is 19.1 Å². The molecular weight excluding hydrogens is 236 g/mol. The Bertz CT molecular complexity index is 314. The van der Waals surface area contributed by atoms with E-state index >= 15 is 0 Å². The van der Waals surface area contributed by atoms with Crippen molar-refractivity contribution in [3.63, 3.8) is 0 Å². The Morgan fingerprint density at radius 3 is 2.71 bits per heavy atom. The number of sulfone groups is 1. The molecule has 1 N–H and O–H groups in total. The summed E-state index contributed by atoms with van der Waals surface area (Å²) in [6, 6.07) is 0.524. The second-order valence-electron chi connectivity index (χ2n) is 5.51. The molecule has 0 bridgehead atoms. The quantitative estimate of drug-likeness (QED) is 0.735. The van der Waals surface area contributed by atoms with Crippen molar-refractivity contribution < 1.29 is 8.42 Å². The molecule has 17 heavy (non-hydrogen) atoms.